The van der Waals surface area contributed by atoms with E-state index in [1.165, 1.54) is 16.3 Å². The molecule has 6 heteroatoms. The van der Waals surface area contributed by atoms with E-state index in [-0.39, 0.29) is 0 Å². The summed E-state index contributed by atoms with van der Waals surface area (Å²) in [4.78, 5) is 10.8. The van der Waals surface area contributed by atoms with Crippen molar-refractivity contribution in [2.24, 2.45) is 0 Å². The summed E-state index contributed by atoms with van der Waals surface area (Å²) in [6, 6.07) is 2.64. The van der Waals surface area contributed by atoms with E-state index in [0.29, 0.717) is 6.04 Å². The number of hydrogen-bond acceptors (Lipinski definition) is 5. The van der Waals surface area contributed by atoms with Crippen LogP contribution in [0.2, 0.25) is 0 Å². The summed E-state index contributed by atoms with van der Waals surface area (Å²) >= 11 is 1.77. The molecule has 0 aliphatic carbocycles. The molecule has 0 bridgehead atoms. The lowest BCUT2D eigenvalue weighted by Gasteiger charge is -2.34. The summed E-state index contributed by atoms with van der Waals surface area (Å²) in [6.45, 7) is 13.0. The van der Waals surface area contributed by atoms with Gasteiger partial charge < -0.3 is 4.90 Å². The van der Waals surface area contributed by atoms with Crippen molar-refractivity contribution in [3.05, 3.63) is 34.0 Å². The topological polar surface area (TPSA) is 37.2 Å². The van der Waals surface area contributed by atoms with Crippen molar-refractivity contribution in [2.75, 3.05) is 26.2 Å². The molecule has 1 aliphatic heterocycles. The van der Waals surface area contributed by atoms with E-state index < -0.39 is 0 Å². The molecule has 0 saturated heterocycles. The summed E-state index contributed by atoms with van der Waals surface area (Å²) in [6.07, 6.45) is 3.11. The lowest BCUT2D eigenvalue weighted by Crippen LogP contribution is -2.39. The van der Waals surface area contributed by atoms with E-state index in [1.807, 2.05) is 11.7 Å². The lowest BCUT2D eigenvalue weighted by atomic mass is 10.1. The Morgan fingerprint density at radius 3 is 2.87 bits per heavy atom. The molecule has 0 radical (unpaired) electrons. The molecule has 1 unspecified atom stereocenters. The van der Waals surface area contributed by atoms with Crippen molar-refractivity contribution in [1.82, 2.24) is 24.6 Å². The van der Waals surface area contributed by atoms with E-state index in [4.69, 9.17) is 0 Å². The Morgan fingerprint density at radius 1 is 1.35 bits per heavy atom. The molecule has 1 aliphatic rings. The van der Waals surface area contributed by atoms with E-state index in [9.17, 15) is 0 Å². The third kappa shape index (κ3) is 3.82. The van der Waals surface area contributed by atoms with Gasteiger partial charge in [0.2, 0.25) is 0 Å². The number of nitrogens with zero attached hydrogens (tertiary/aromatic N) is 5. The van der Waals surface area contributed by atoms with Gasteiger partial charge in [-0.25, -0.2) is 4.98 Å². The first-order valence-electron chi connectivity index (χ1n) is 8.57. The minimum atomic E-state index is 0.475. The van der Waals surface area contributed by atoms with Crippen LogP contribution in [0.4, 0.5) is 0 Å². The normalized spacial score (nSPS) is 18.5. The molecule has 0 aromatic carbocycles. The number of rotatable bonds is 7. The molecular weight excluding hydrogens is 306 g/mol. The maximum Gasteiger partial charge on any atom is 0.0798 e. The van der Waals surface area contributed by atoms with E-state index in [0.717, 1.165) is 45.7 Å². The van der Waals surface area contributed by atoms with Crippen LogP contribution >= 0.6 is 11.3 Å². The zero-order chi connectivity index (χ0) is 16.2. The Balaban J connectivity index is 1.68. The molecule has 2 aromatic heterocycles. The molecule has 0 saturated carbocycles. The molecule has 0 amide bonds. The SMILES string of the molecule is CCN(CC)CCC1CN(Cc2scnc2C)Cc2ccnn21. The quantitative estimate of drug-likeness (QED) is 0.781. The third-order valence-electron chi connectivity index (χ3n) is 4.84. The smallest absolute Gasteiger partial charge is 0.0798 e. The molecule has 2 aromatic rings. The fourth-order valence-electron chi connectivity index (χ4n) is 3.35. The Labute approximate surface area is 142 Å². The van der Waals surface area contributed by atoms with Gasteiger partial charge in [0.05, 0.1) is 22.9 Å². The number of fused-ring (bicyclic) bond motifs is 1. The maximum absolute atomic E-state index is 4.58. The van der Waals surface area contributed by atoms with Gasteiger partial charge in [0.1, 0.15) is 0 Å². The number of aryl methyl sites for hydroxylation is 1. The van der Waals surface area contributed by atoms with Crippen molar-refractivity contribution >= 4 is 11.3 Å². The van der Waals surface area contributed by atoms with Crippen molar-refractivity contribution in [2.45, 2.75) is 46.3 Å². The van der Waals surface area contributed by atoms with Crippen molar-refractivity contribution < 1.29 is 0 Å². The molecule has 3 rings (SSSR count). The van der Waals surface area contributed by atoms with Gasteiger partial charge in [0.25, 0.3) is 0 Å². The third-order valence-corrected chi connectivity index (χ3v) is 5.76. The molecule has 0 spiro atoms. The van der Waals surface area contributed by atoms with Crippen LogP contribution in [0.1, 0.15) is 42.6 Å². The van der Waals surface area contributed by atoms with Crippen LogP contribution in [-0.2, 0) is 13.1 Å². The summed E-state index contributed by atoms with van der Waals surface area (Å²) in [7, 11) is 0. The van der Waals surface area contributed by atoms with Crippen molar-refractivity contribution in [1.29, 1.82) is 0 Å². The Bertz CT molecular complexity index is 616. The van der Waals surface area contributed by atoms with Gasteiger partial charge in [-0.15, -0.1) is 11.3 Å². The minimum absolute atomic E-state index is 0.475. The van der Waals surface area contributed by atoms with Crippen LogP contribution in [0.15, 0.2) is 17.8 Å². The second kappa shape index (κ2) is 7.55. The van der Waals surface area contributed by atoms with Gasteiger partial charge in [-0.1, -0.05) is 13.8 Å². The van der Waals surface area contributed by atoms with Crippen LogP contribution in [0.3, 0.4) is 0 Å². The molecular formula is C17H27N5S. The average molecular weight is 334 g/mol. The second-order valence-corrected chi connectivity index (χ2v) is 7.21. The van der Waals surface area contributed by atoms with E-state index in [1.54, 1.807) is 11.3 Å². The summed E-state index contributed by atoms with van der Waals surface area (Å²) < 4.78 is 2.25. The van der Waals surface area contributed by atoms with Crippen LogP contribution in [0, 0.1) is 6.92 Å². The highest BCUT2D eigenvalue weighted by atomic mass is 32.1. The predicted molar refractivity (Wildman–Crippen MR) is 94.6 cm³/mol. The number of thiazole rings is 1. The zero-order valence-corrected chi connectivity index (χ0v) is 15.2. The second-order valence-electron chi connectivity index (χ2n) is 6.27. The number of hydrogen-bond donors (Lipinski definition) is 0. The van der Waals surface area contributed by atoms with Crippen LogP contribution in [0.5, 0.6) is 0 Å². The summed E-state index contributed by atoms with van der Waals surface area (Å²) in [5.74, 6) is 0. The summed E-state index contributed by atoms with van der Waals surface area (Å²) in [5, 5.41) is 4.58. The lowest BCUT2D eigenvalue weighted by molar-refractivity contribution is 0.151. The Morgan fingerprint density at radius 2 is 2.17 bits per heavy atom. The van der Waals surface area contributed by atoms with Crippen LogP contribution < -0.4 is 0 Å². The Hall–Kier alpha value is -1.24. The van der Waals surface area contributed by atoms with Crippen molar-refractivity contribution in [3.8, 4) is 0 Å². The Kier molecular flexibility index (Phi) is 5.46. The number of aromatic nitrogens is 3. The van der Waals surface area contributed by atoms with Crippen molar-refractivity contribution in [3.63, 3.8) is 0 Å². The van der Waals surface area contributed by atoms with E-state index >= 15 is 0 Å². The molecule has 1 atom stereocenters. The van der Waals surface area contributed by atoms with Crippen LogP contribution in [-0.4, -0.2) is 50.7 Å². The molecule has 5 nitrogen and oxygen atoms in total. The maximum atomic E-state index is 4.58. The molecule has 23 heavy (non-hydrogen) atoms. The first-order chi connectivity index (χ1) is 11.2. The van der Waals surface area contributed by atoms with Gasteiger partial charge >= 0.3 is 0 Å². The van der Waals surface area contributed by atoms with Gasteiger partial charge in [-0.3, -0.25) is 9.58 Å². The predicted octanol–water partition coefficient (Wildman–Crippen LogP) is 2.94. The van der Waals surface area contributed by atoms with E-state index in [2.05, 4.69) is 51.4 Å². The monoisotopic (exact) mass is 333 g/mol. The van der Waals surface area contributed by atoms with Gasteiger partial charge in [0.15, 0.2) is 0 Å². The standard InChI is InChI=1S/C17H27N5S/c1-4-20(5-2)9-7-16-11-21(10-15-6-8-19-22(15)16)12-17-14(3)18-13-23-17/h6,8,13,16H,4-5,7,9-12H2,1-3H3. The van der Waals surface area contributed by atoms with Gasteiger partial charge in [-0.2, -0.15) is 5.10 Å². The van der Waals surface area contributed by atoms with Gasteiger partial charge in [0, 0.05) is 37.3 Å². The largest absolute Gasteiger partial charge is 0.304 e. The highest BCUT2D eigenvalue weighted by Crippen LogP contribution is 2.26. The van der Waals surface area contributed by atoms with Crippen LogP contribution in [0.25, 0.3) is 0 Å². The minimum Gasteiger partial charge on any atom is -0.304 e. The highest BCUT2D eigenvalue weighted by molar-refractivity contribution is 7.09. The molecule has 0 fully saturated rings. The fourth-order valence-corrected chi connectivity index (χ4v) is 4.17. The molecule has 126 valence electrons. The first-order valence-corrected chi connectivity index (χ1v) is 9.45. The molecule has 3 heterocycles. The zero-order valence-electron chi connectivity index (χ0n) is 14.4. The summed E-state index contributed by atoms with van der Waals surface area (Å²) in [5.41, 5.74) is 4.47. The highest BCUT2D eigenvalue weighted by Gasteiger charge is 2.26. The van der Waals surface area contributed by atoms with Gasteiger partial charge in [-0.05, 0) is 32.5 Å². The fraction of sp³-hybridized carbons (Fsp3) is 0.647. The first kappa shape index (κ1) is 16.6. The average Bonchev–Trinajstić information content (AvgIpc) is 3.18. The molecule has 0 N–H and O–H groups in total.